The fraction of sp³-hybridized carbons (Fsp3) is 0.267. The Hall–Kier alpha value is -1.54. The number of hydrogen-bond donors (Lipinski definition) is 0. The van der Waals surface area contributed by atoms with Gasteiger partial charge in [0.05, 0.1) is 11.6 Å². The molecule has 0 radical (unpaired) electrons. The molecule has 0 aromatic carbocycles. The Balaban J connectivity index is 1.94. The maximum atomic E-state index is 5.82. The van der Waals surface area contributed by atoms with E-state index in [2.05, 4.69) is 41.4 Å². The van der Waals surface area contributed by atoms with Crippen molar-refractivity contribution in [2.24, 2.45) is 5.92 Å². The van der Waals surface area contributed by atoms with Gasteiger partial charge in [0.15, 0.2) is 0 Å². The Morgan fingerprint density at radius 2 is 2.33 bits per heavy atom. The van der Waals surface area contributed by atoms with E-state index in [0.717, 1.165) is 23.4 Å². The van der Waals surface area contributed by atoms with Crippen LogP contribution in [0.3, 0.4) is 0 Å². The van der Waals surface area contributed by atoms with Crippen molar-refractivity contribution in [3.05, 3.63) is 59.4 Å². The Labute approximate surface area is 111 Å². The number of fused-ring (bicyclic) bond motifs is 1. The lowest BCUT2D eigenvalue weighted by Crippen LogP contribution is -2.05. The Morgan fingerprint density at radius 3 is 3.11 bits per heavy atom. The predicted octanol–water partition coefficient (Wildman–Crippen LogP) is 4.18. The fourth-order valence-electron chi connectivity index (χ4n) is 2.28. The molecule has 0 fully saturated rings. The maximum absolute atomic E-state index is 5.82. The standard InChI is InChI=1S/C15H14ClNO/c1-10-14(9-16)17-15(18-10)13-7-6-11-4-2-3-5-12(11)8-13/h2-4,6-8,12H,5,9H2,1H3. The minimum atomic E-state index is 0.393. The maximum Gasteiger partial charge on any atom is 0.226 e. The van der Waals surface area contributed by atoms with Crippen LogP contribution >= 0.6 is 11.6 Å². The number of hydrogen-bond acceptors (Lipinski definition) is 2. The Bertz CT molecular complexity index is 590. The molecular weight excluding hydrogens is 246 g/mol. The monoisotopic (exact) mass is 259 g/mol. The first-order valence-corrected chi connectivity index (χ1v) is 6.60. The van der Waals surface area contributed by atoms with E-state index >= 15 is 0 Å². The van der Waals surface area contributed by atoms with Crippen molar-refractivity contribution in [1.29, 1.82) is 0 Å². The van der Waals surface area contributed by atoms with E-state index in [1.165, 1.54) is 5.57 Å². The predicted molar refractivity (Wildman–Crippen MR) is 73.2 cm³/mol. The van der Waals surface area contributed by atoms with Crippen molar-refractivity contribution in [3.8, 4) is 0 Å². The topological polar surface area (TPSA) is 26.0 Å². The molecule has 1 unspecified atom stereocenters. The summed E-state index contributed by atoms with van der Waals surface area (Å²) in [5.41, 5.74) is 3.22. The molecule has 0 spiro atoms. The minimum absolute atomic E-state index is 0.393. The first-order valence-electron chi connectivity index (χ1n) is 6.07. The molecule has 0 saturated carbocycles. The van der Waals surface area contributed by atoms with E-state index in [9.17, 15) is 0 Å². The molecule has 0 saturated heterocycles. The second-order valence-corrected chi connectivity index (χ2v) is 4.82. The number of rotatable bonds is 2. The van der Waals surface area contributed by atoms with Crippen LogP contribution in [0.15, 0.2) is 46.4 Å². The first kappa shape index (κ1) is 11.5. The van der Waals surface area contributed by atoms with E-state index < -0.39 is 0 Å². The number of aromatic nitrogens is 1. The van der Waals surface area contributed by atoms with Crippen LogP contribution in [0.2, 0.25) is 0 Å². The van der Waals surface area contributed by atoms with Crippen LogP contribution in [0.5, 0.6) is 0 Å². The van der Waals surface area contributed by atoms with Crippen LogP contribution in [-0.2, 0) is 5.88 Å². The molecule has 2 nitrogen and oxygen atoms in total. The normalized spacial score (nSPS) is 21.6. The Morgan fingerprint density at radius 1 is 1.44 bits per heavy atom. The first-order chi connectivity index (χ1) is 8.78. The molecule has 92 valence electrons. The lowest BCUT2D eigenvalue weighted by Gasteiger charge is -2.19. The highest BCUT2D eigenvalue weighted by atomic mass is 35.5. The summed E-state index contributed by atoms with van der Waals surface area (Å²) in [6, 6.07) is 0. The van der Waals surface area contributed by atoms with Gasteiger partial charge in [0, 0.05) is 11.5 Å². The zero-order chi connectivity index (χ0) is 12.5. The van der Waals surface area contributed by atoms with Gasteiger partial charge >= 0.3 is 0 Å². The SMILES string of the molecule is Cc1oc(C2=CC3CC=CC=C3C=C2)nc1CCl. The van der Waals surface area contributed by atoms with E-state index in [1.54, 1.807) is 0 Å². The average molecular weight is 260 g/mol. The third-order valence-corrected chi connectivity index (χ3v) is 3.60. The Kier molecular flexibility index (Phi) is 2.96. The third-order valence-electron chi connectivity index (χ3n) is 3.35. The highest BCUT2D eigenvalue weighted by molar-refractivity contribution is 6.16. The number of aryl methyl sites for hydroxylation is 1. The minimum Gasteiger partial charge on any atom is -0.441 e. The smallest absolute Gasteiger partial charge is 0.226 e. The zero-order valence-electron chi connectivity index (χ0n) is 10.2. The molecule has 0 amide bonds. The van der Waals surface area contributed by atoms with Gasteiger partial charge in [-0.25, -0.2) is 4.98 Å². The molecule has 1 aromatic rings. The number of alkyl halides is 1. The quantitative estimate of drug-likeness (QED) is 0.745. The van der Waals surface area contributed by atoms with Gasteiger partial charge in [-0.2, -0.15) is 0 Å². The lowest BCUT2D eigenvalue weighted by atomic mass is 9.86. The van der Waals surface area contributed by atoms with Crippen molar-refractivity contribution in [3.63, 3.8) is 0 Å². The molecule has 2 aliphatic rings. The lowest BCUT2D eigenvalue weighted by molar-refractivity contribution is 0.511. The second kappa shape index (κ2) is 4.62. The fourth-order valence-corrected chi connectivity index (χ4v) is 2.53. The molecular formula is C15H14ClNO. The molecule has 3 heteroatoms. The van der Waals surface area contributed by atoms with Gasteiger partial charge in [-0.15, -0.1) is 11.6 Å². The van der Waals surface area contributed by atoms with E-state index in [0.29, 0.717) is 17.7 Å². The van der Waals surface area contributed by atoms with Crippen LogP contribution < -0.4 is 0 Å². The van der Waals surface area contributed by atoms with E-state index in [1.807, 2.05) is 6.92 Å². The van der Waals surface area contributed by atoms with Gasteiger partial charge in [-0.05, 0) is 25.0 Å². The van der Waals surface area contributed by atoms with Gasteiger partial charge in [0.1, 0.15) is 5.76 Å². The summed E-state index contributed by atoms with van der Waals surface area (Å²) >= 11 is 5.82. The third kappa shape index (κ3) is 1.97. The van der Waals surface area contributed by atoms with Crippen molar-refractivity contribution >= 4 is 17.2 Å². The largest absolute Gasteiger partial charge is 0.441 e. The summed E-state index contributed by atoms with van der Waals surface area (Å²) in [4.78, 5) is 4.43. The number of nitrogens with zero attached hydrogens (tertiary/aromatic N) is 1. The molecule has 18 heavy (non-hydrogen) atoms. The van der Waals surface area contributed by atoms with E-state index in [4.69, 9.17) is 16.0 Å². The van der Waals surface area contributed by atoms with Crippen molar-refractivity contribution in [2.45, 2.75) is 19.2 Å². The summed E-state index contributed by atoms with van der Waals surface area (Å²) in [7, 11) is 0. The highest BCUT2D eigenvalue weighted by Gasteiger charge is 2.19. The molecule has 0 bridgehead atoms. The van der Waals surface area contributed by atoms with Crippen molar-refractivity contribution < 1.29 is 4.42 Å². The summed E-state index contributed by atoms with van der Waals surface area (Å²) in [5, 5.41) is 0. The van der Waals surface area contributed by atoms with Gasteiger partial charge in [0.2, 0.25) is 5.89 Å². The van der Waals surface area contributed by atoms with Crippen molar-refractivity contribution in [1.82, 2.24) is 4.98 Å². The van der Waals surface area contributed by atoms with Crippen LogP contribution in [0, 0.1) is 12.8 Å². The summed E-state index contributed by atoms with van der Waals surface area (Å²) < 4.78 is 5.67. The average Bonchev–Trinajstić information content (AvgIpc) is 2.79. The van der Waals surface area contributed by atoms with Gasteiger partial charge in [-0.1, -0.05) is 30.4 Å². The van der Waals surface area contributed by atoms with Gasteiger partial charge in [0.25, 0.3) is 0 Å². The summed E-state index contributed by atoms with van der Waals surface area (Å²) in [5.74, 6) is 2.32. The second-order valence-electron chi connectivity index (χ2n) is 4.55. The molecule has 1 aromatic heterocycles. The van der Waals surface area contributed by atoms with Gasteiger partial charge < -0.3 is 4.42 Å². The molecule has 0 aliphatic heterocycles. The van der Waals surface area contributed by atoms with E-state index in [-0.39, 0.29) is 0 Å². The molecule has 3 rings (SSSR count). The number of oxazole rings is 1. The summed E-state index contributed by atoms with van der Waals surface area (Å²) in [6.45, 7) is 1.90. The summed E-state index contributed by atoms with van der Waals surface area (Å²) in [6.07, 6.45) is 13.9. The van der Waals surface area contributed by atoms with Crippen LogP contribution in [0.4, 0.5) is 0 Å². The van der Waals surface area contributed by atoms with Gasteiger partial charge in [-0.3, -0.25) is 0 Å². The molecule has 1 heterocycles. The van der Waals surface area contributed by atoms with Crippen LogP contribution in [0.1, 0.15) is 23.8 Å². The highest BCUT2D eigenvalue weighted by Crippen LogP contribution is 2.32. The molecule has 2 aliphatic carbocycles. The molecule has 0 N–H and O–H groups in total. The van der Waals surface area contributed by atoms with Crippen LogP contribution in [0.25, 0.3) is 5.57 Å². The molecule has 1 atom stereocenters. The zero-order valence-corrected chi connectivity index (χ0v) is 10.9. The van der Waals surface area contributed by atoms with Crippen LogP contribution in [-0.4, -0.2) is 4.98 Å². The van der Waals surface area contributed by atoms with Crippen molar-refractivity contribution in [2.75, 3.05) is 0 Å². The number of halogens is 1. The number of allylic oxidation sites excluding steroid dienone is 8.